The predicted octanol–water partition coefficient (Wildman–Crippen LogP) is 1.80. The predicted molar refractivity (Wildman–Crippen MR) is 44.0 cm³/mol. The van der Waals surface area contributed by atoms with Gasteiger partial charge in [0.25, 0.3) is 0 Å². The Bertz CT molecular complexity index is 288. The van der Waals surface area contributed by atoms with Crippen molar-refractivity contribution in [1.29, 1.82) is 0 Å². The van der Waals surface area contributed by atoms with Crippen LogP contribution in [0.4, 0.5) is 13.2 Å². The van der Waals surface area contributed by atoms with Crippen molar-refractivity contribution in [3.63, 3.8) is 0 Å². The third kappa shape index (κ3) is 2.73. The highest BCUT2D eigenvalue weighted by Gasteiger charge is 2.07. The molecule has 1 aromatic rings. The highest BCUT2D eigenvalue weighted by Crippen LogP contribution is 2.11. The number of alkyl halides is 1. The standard InChI is InChI=1S/C9H10F3N/c10-7(5-13)3-6-1-2-8(11)9(12)4-6/h1-2,4,7H,3,5,13H2. The largest absolute Gasteiger partial charge is 0.328 e. The molecule has 1 atom stereocenters. The van der Waals surface area contributed by atoms with Crippen LogP contribution in [0, 0.1) is 11.6 Å². The van der Waals surface area contributed by atoms with Crippen LogP contribution in [0.2, 0.25) is 0 Å². The molecule has 2 N–H and O–H groups in total. The van der Waals surface area contributed by atoms with E-state index in [9.17, 15) is 13.2 Å². The van der Waals surface area contributed by atoms with Crippen LogP contribution in [0.5, 0.6) is 0 Å². The van der Waals surface area contributed by atoms with E-state index in [1.807, 2.05) is 0 Å². The molecule has 4 heteroatoms. The Morgan fingerprint density at radius 1 is 1.23 bits per heavy atom. The zero-order valence-corrected chi connectivity index (χ0v) is 6.93. The molecule has 72 valence electrons. The molecule has 0 fully saturated rings. The molecular formula is C9H10F3N. The van der Waals surface area contributed by atoms with Gasteiger partial charge in [-0.2, -0.15) is 0 Å². The Morgan fingerprint density at radius 3 is 2.46 bits per heavy atom. The van der Waals surface area contributed by atoms with Gasteiger partial charge in [0.05, 0.1) is 0 Å². The fourth-order valence-corrected chi connectivity index (χ4v) is 1.01. The van der Waals surface area contributed by atoms with Gasteiger partial charge in [-0.25, -0.2) is 13.2 Å². The molecule has 0 heterocycles. The zero-order chi connectivity index (χ0) is 9.84. The van der Waals surface area contributed by atoms with E-state index in [0.717, 1.165) is 12.1 Å². The van der Waals surface area contributed by atoms with Crippen LogP contribution in [0.15, 0.2) is 18.2 Å². The number of hydrogen-bond acceptors (Lipinski definition) is 1. The molecule has 1 aromatic carbocycles. The van der Waals surface area contributed by atoms with Crippen molar-refractivity contribution in [2.45, 2.75) is 12.6 Å². The minimum absolute atomic E-state index is 0.0215. The molecule has 1 nitrogen and oxygen atoms in total. The molecule has 0 aliphatic heterocycles. The molecule has 1 unspecified atom stereocenters. The van der Waals surface area contributed by atoms with Crippen LogP contribution in [-0.4, -0.2) is 12.7 Å². The molecule has 0 aromatic heterocycles. The molecular weight excluding hydrogens is 179 g/mol. The van der Waals surface area contributed by atoms with Gasteiger partial charge in [0.2, 0.25) is 0 Å². The van der Waals surface area contributed by atoms with Crippen LogP contribution in [0.1, 0.15) is 5.56 Å². The summed E-state index contributed by atoms with van der Waals surface area (Å²) in [5.41, 5.74) is 5.46. The molecule has 0 radical (unpaired) electrons. The number of hydrogen-bond donors (Lipinski definition) is 1. The van der Waals surface area contributed by atoms with Crippen molar-refractivity contribution in [3.05, 3.63) is 35.4 Å². The van der Waals surface area contributed by atoms with E-state index in [0.29, 0.717) is 5.56 Å². The van der Waals surface area contributed by atoms with Crippen molar-refractivity contribution in [1.82, 2.24) is 0 Å². The lowest BCUT2D eigenvalue weighted by Crippen LogP contribution is -2.17. The van der Waals surface area contributed by atoms with Crippen LogP contribution < -0.4 is 5.73 Å². The summed E-state index contributed by atoms with van der Waals surface area (Å²) in [4.78, 5) is 0. The first-order chi connectivity index (χ1) is 6.13. The summed E-state index contributed by atoms with van der Waals surface area (Å²) in [5.74, 6) is -1.88. The average Bonchev–Trinajstić information content (AvgIpc) is 2.11. The maximum atomic E-state index is 12.7. The van der Waals surface area contributed by atoms with Gasteiger partial charge in [0.15, 0.2) is 11.6 Å². The van der Waals surface area contributed by atoms with E-state index >= 15 is 0 Å². The van der Waals surface area contributed by atoms with Crippen LogP contribution in [0.25, 0.3) is 0 Å². The summed E-state index contributed by atoms with van der Waals surface area (Å²) >= 11 is 0. The molecule has 1 rings (SSSR count). The van der Waals surface area contributed by atoms with Crippen LogP contribution in [0.3, 0.4) is 0 Å². The van der Waals surface area contributed by atoms with E-state index in [1.165, 1.54) is 6.07 Å². The van der Waals surface area contributed by atoms with Crippen molar-refractivity contribution in [3.8, 4) is 0 Å². The minimum Gasteiger partial charge on any atom is -0.328 e. The highest BCUT2D eigenvalue weighted by molar-refractivity contribution is 5.18. The summed E-state index contributed by atoms with van der Waals surface area (Å²) in [6.45, 7) is -0.112. The topological polar surface area (TPSA) is 26.0 Å². The molecule has 0 spiro atoms. The van der Waals surface area contributed by atoms with Crippen LogP contribution >= 0.6 is 0 Å². The van der Waals surface area contributed by atoms with Gasteiger partial charge < -0.3 is 5.73 Å². The quantitative estimate of drug-likeness (QED) is 0.770. The van der Waals surface area contributed by atoms with E-state index in [-0.39, 0.29) is 13.0 Å². The average molecular weight is 189 g/mol. The van der Waals surface area contributed by atoms with E-state index < -0.39 is 17.8 Å². The van der Waals surface area contributed by atoms with E-state index in [2.05, 4.69) is 0 Å². The first kappa shape index (κ1) is 10.1. The second-order valence-electron chi connectivity index (χ2n) is 2.79. The summed E-state index contributed by atoms with van der Waals surface area (Å²) in [6, 6.07) is 3.31. The first-order valence-electron chi connectivity index (χ1n) is 3.91. The zero-order valence-electron chi connectivity index (χ0n) is 6.93. The molecule has 0 amide bonds. The van der Waals surface area contributed by atoms with Gasteiger partial charge in [0, 0.05) is 13.0 Å². The maximum absolute atomic E-state index is 12.7. The first-order valence-corrected chi connectivity index (χ1v) is 3.91. The summed E-state index contributed by atoms with van der Waals surface area (Å²) in [6.07, 6.45) is -1.18. The van der Waals surface area contributed by atoms with Gasteiger partial charge >= 0.3 is 0 Å². The van der Waals surface area contributed by atoms with Gasteiger partial charge in [-0.1, -0.05) is 6.07 Å². The lowest BCUT2D eigenvalue weighted by molar-refractivity contribution is 0.339. The van der Waals surface area contributed by atoms with Gasteiger partial charge in [-0.3, -0.25) is 0 Å². The Labute approximate surface area is 74.4 Å². The van der Waals surface area contributed by atoms with Gasteiger partial charge in [-0.15, -0.1) is 0 Å². The third-order valence-electron chi connectivity index (χ3n) is 1.70. The fraction of sp³-hybridized carbons (Fsp3) is 0.333. The van der Waals surface area contributed by atoms with Crippen molar-refractivity contribution < 1.29 is 13.2 Å². The molecule has 13 heavy (non-hydrogen) atoms. The number of halogens is 3. The molecule has 0 aliphatic carbocycles. The Kier molecular flexibility index (Phi) is 3.31. The van der Waals surface area contributed by atoms with Gasteiger partial charge in [-0.05, 0) is 17.7 Å². The van der Waals surface area contributed by atoms with E-state index in [1.54, 1.807) is 0 Å². The molecule has 0 aliphatic rings. The molecule has 0 saturated heterocycles. The summed E-state index contributed by atoms with van der Waals surface area (Å²) in [5, 5.41) is 0. The summed E-state index contributed by atoms with van der Waals surface area (Å²) in [7, 11) is 0. The van der Waals surface area contributed by atoms with Crippen molar-refractivity contribution in [2.75, 3.05) is 6.54 Å². The SMILES string of the molecule is NCC(F)Cc1ccc(F)c(F)c1. The second-order valence-corrected chi connectivity index (χ2v) is 2.79. The monoisotopic (exact) mass is 189 g/mol. The lowest BCUT2D eigenvalue weighted by Gasteiger charge is -2.04. The second kappa shape index (κ2) is 4.28. The van der Waals surface area contributed by atoms with Gasteiger partial charge in [0.1, 0.15) is 6.17 Å². The summed E-state index contributed by atoms with van der Waals surface area (Å²) < 4.78 is 37.7. The normalized spacial score (nSPS) is 12.9. The highest BCUT2D eigenvalue weighted by atomic mass is 19.2. The smallest absolute Gasteiger partial charge is 0.159 e. The lowest BCUT2D eigenvalue weighted by atomic mass is 10.1. The Hall–Kier alpha value is -1.03. The van der Waals surface area contributed by atoms with Crippen molar-refractivity contribution >= 4 is 0 Å². The fourth-order valence-electron chi connectivity index (χ4n) is 1.01. The number of nitrogens with two attached hydrogens (primary N) is 1. The van der Waals surface area contributed by atoms with E-state index in [4.69, 9.17) is 5.73 Å². The minimum atomic E-state index is -1.20. The molecule has 0 bridgehead atoms. The maximum Gasteiger partial charge on any atom is 0.159 e. The number of benzene rings is 1. The Balaban J connectivity index is 2.73. The van der Waals surface area contributed by atoms with Crippen LogP contribution in [-0.2, 0) is 6.42 Å². The Morgan fingerprint density at radius 2 is 1.92 bits per heavy atom. The molecule has 0 saturated carbocycles. The van der Waals surface area contributed by atoms with Crippen molar-refractivity contribution in [2.24, 2.45) is 5.73 Å². The number of rotatable bonds is 3. The third-order valence-corrected chi connectivity index (χ3v) is 1.70.